The van der Waals surface area contributed by atoms with Crippen LogP contribution in [0.2, 0.25) is 0 Å². The Balaban J connectivity index is 0.000000677. The lowest BCUT2D eigenvalue weighted by Crippen LogP contribution is -2.48. The van der Waals surface area contributed by atoms with Gasteiger partial charge in [-0.1, -0.05) is 6.92 Å². The second kappa shape index (κ2) is 9.71. The molecule has 2 rings (SSSR count). The maximum absolute atomic E-state index is 11.8. The number of pyridine rings is 1. The average molecular weight is 295 g/mol. The highest BCUT2D eigenvalue weighted by Crippen LogP contribution is 2.06. The molecule has 7 nitrogen and oxygen atoms in total. The van der Waals surface area contributed by atoms with Crippen LogP contribution in [0.25, 0.3) is 0 Å². The molecule has 116 valence electrons. The third kappa shape index (κ3) is 6.22. The molecule has 1 aromatic heterocycles. The maximum Gasteiger partial charge on any atom is 0.410 e. The molecule has 1 aliphatic heterocycles. The minimum Gasteiger partial charge on any atom is -0.483 e. The van der Waals surface area contributed by atoms with Crippen LogP contribution in [-0.2, 0) is 16.1 Å². The summed E-state index contributed by atoms with van der Waals surface area (Å²) in [6.45, 7) is 6.61. The van der Waals surface area contributed by atoms with Crippen LogP contribution >= 0.6 is 0 Å². The summed E-state index contributed by atoms with van der Waals surface area (Å²) in [5.41, 5.74) is 0.963. The summed E-state index contributed by atoms with van der Waals surface area (Å²) in [7, 11) is 0. The molecule has 0 unspecified atom stereocenters. The summed E-state index contributed by atoms with van der Waals surface area (Å²) in [5, 5.41) is 6.89. The second-order valence-corrected chi connectivity index (χ2v) is 4.44. The molecule has 0 saturated carbocycles. The number of rotatable bonds is 3. The first-order chi connectivity index (χ1) is 10.2. The van der Waals surface area contributed by atoms with Crippen molar-refractivity contribution in [2.45, 2.75) is 13.5 Å². The van der Waals surface area contributed by atoms with Crippen LogP contribution in [0.3, 0.4) is 0 Å². The Morgan fingerprint density at radius 1 is 1.33 bits per heavy atom. The average Bonchev–Trinajstić information content (AvgIpc) is 2.54. The predicted octanol–water partition coefficient (Wildman–Crippen LogP) is 1.06. The molecule has 0 bridgehead atoms. The number of aromatic nitrogens is 1. The van der Waals surface area contributed by atoms with Crippen LogP contribution in [0.5, 0.6) is 0 Å². The van der Waals surface area contributed by atoms with Crippen molar-refractivity contribution in [2.24, 2.45) is 0 Å². The molecule has 1 aromatic rings. The normalized spacial score (nSPS) is 14.8. The molecule has 0 aliphatic carbocycles. The summed E-state index contributed by atoms with van der Waals surface area (Å²) < 4.78 is 5.28. The van der Waals surface area contributed by atoms with E-state index >= 15 is 0 Å². The number of carboxylic acid groups (broad SMARTS) is 1. The summed E-state index contributed by atoms with van der Waals surface area (Å²) in [5.74, 6) is 0. The first-order valence-corrected chi connectivity index (χ1v) is 6.82. The Bertz CT molecular complexity index is 419. The number of ether oxygens (including phenoxy) is 1. The third-order valence-electron chi connectivity index (χ3n) is 3.19. The van der Waals surface area contributed by atoms with Crippen LogP contribution < -0.4 is 0 Å². The highest BCUT2D eigenvalue weighted by Gasteiger charge is 2.20. The van der Waals surface area contributed by atoms with Crippen molar-refractivity contribution in [3.8, 4) is 0 Å². The van der Waals surface area contributed by atoms with Crippen molar-refractivity contribution in [2.75, 3.05) is 32.7 Å². The zero-order valence-electron chi connectivity index (χ0n) is 12.1. The van der Waals surface area contributed by atoms with E-state index in [-0.39, 0.29) is 12.6 Å². The van der Waals surface area contributed by atoms with E-state index in [4.69, 9.17) is 14.6 Å². The molecule has 0 aromatic carbocycles. The standard InChI is InChI=1S/C13H19N3O2.CH2O2/c1-2-15-7-9-16(10-8-15)13(17)18-11-12-3-5-14-6-4-12;2-1-3/h3-6H,2,7-11H2,1H3;1H,(H,2,3). The summed E-state index contributed by atoms with van der Waals surface area (Å²) in [6, 6.07) is 3.70. The highest BCUT2D eigenvalue weighted by atomic mass is 16.6. The lowest BCUT2D eigenvalue weighted by molar-refractivity contribution is -0.122. The van der Waals surface area contributed by atoms with Gasteiger partial charge in [-0.3, -0.25) is 9.78 Å². The number of carbonyl (C=O) groups excluding carboxylic acids is 1. The van der Waals surface area contributed by atoms with E-state index in [2.05, 4.69) is 16.8 Å². The Morgan fingerprint density at radius 3 is 2.43 bits per heavy atom. The zero-order chi connectivity index (χ0) is 15.5. The highest BCUT2D eigenvalue weighted by molar-refractivity contribution is 5.67. The van der Waals surface area contributed by atoms with E-state index in [9.17, 15) is 4.79 Å². The molecule has 1 fully saturated rings. The molecular formula is C14H21N3O4. The molecule has 7 heteroatoms. The van der Waals surface area contributed by atoms with Gasteiger partial charge in [0.15, 0.2) is 0 Å². The van der Waals surface area contributed by atoms with Gasteiger partial charge in [0, 0.05) is 38.6 Å². The number of nitrogens with zero attached hydrogens (tertiary/aromatic N) is 3. The summed E-state index contributed by atoms with van der Waals surface area (Å²) in [4.78, 5) is 28.2. The number of hydrogen-bond acceptors (Lipinski definition) is 5. The van der Waals surface area contributed by atoms with Crippen molar-refractivity contribution in [1.82, 2.24) is 14.8 Å². The molecular weight excluding hydrogens is 274 g/mol. The Morgan fingerprint density at radius 2 is 1.90 bits per heavy atom. The SMILES string of the molecule is CCN1CCN(C(=O)OCc2ccncc2)CC1.O=CO. The second-order valence-electron chi connectivity index (χ2n) is 4.44. The fourth-order valence-electron chi connectivity index (χ4n) is 1.96. The number of likely N-dealkylation sites (N-methyl/N-ethyl adjacent to an activating group) is 1. The summed E-state index contributed by atoms with van der Waals surface area (Å²) >= 11 is 0. The monoisotopic (exact) mass is 295 g/mol. The minimum atomic E-state index is -0.250. The van der Waals surface area contributed by atoms with Crippen LogP contribution in [0.1, 0.15) is 12.5 Å². The summed E-state index contributed by atoms with van der Waals surface area (Å²) in [6.07, 6.45) is 3.18. The van der Waals surface area contributed by atoms with Crippen molar-refractivity contribution in [3.05, 3.63) is 30.1 Å². The fourth-order valence-corrected chi connectivity index (χ4v) is 1.96. The van der Waals surface area contributed by atoms with Gasteiger partial charge in [-0.15, -0.1) is 0 Å². The lowest BCUT2D eigenvalue weighted by atomic mass is 10.3. The van der Waals surface area contributed by atoms with Gasteiger partial charge in [0.05, 0.1) is 0 Å². The van der Waals surface area contributed by atoms with E-state index in [1.54, 1.807) is 17.3 Å². The number of piperazine rings is 1. The van der Waals surface area contributed by atoms with Crippen molar-refractivity contribution in [3.63, 3.8) is 0 Å². The molecule has 0 radical (unpaired) electrons. The first kappa shape index (κ1) is 16.9. The third-order valence-corrected chi connectivity index (χ3v) is 3.19. The lowest BCUT2D eigenvalue weighted by Gasteiger charge is -2.33. The molecule has 1 saturated heterocycles. The van der Waals surface area contributed by atoms with Gasteiger partial charge in [0.1, 0.15) is 6.61 Å². The molecule has 1 N–H and O–H groups in total. The fraction of sp³-hybridized carbons (Fsp3) is 0.500. The Labute approximate surface area is 124 Å². The molecule has 21 heavy (non-hydrogen) atoms. The van der Waals surface area contributed by atoms with Crippen molar-refractivity contribution < 1.29 is 19.4 Å². The van der Waals surface area contributed by atoms with Gasteiger partial charge >= 0.3 is 6.09 Å². The van der Waals surface area contributed by atoms with Gasteiger partial charge in [-0.2, -0.15) is 0 Å². The van der Waals surface area contributed by atoms with Crippen LogP contribution in [0, 0.1) is 0 Å². The van der Waals surface area contributed by atoms with Gasteiger partial charge in [0.25, 0.3) is 6.47 Å². The molecule has 0 atom stereocenters. The van der Waals surface area contributed by atoms with Gasteiger partial charge in [-0.25, -0.2) is 4.79 Å². The zero-order valence-corrected chi connectivity index (χ0v) is 12.1. The van der Waals surface area contributed by atoms with E-state index in [0.717, 1.165) is 38.3 Å². The van der Waals surface area contributed by atoms with Crippen LogP contribution in [0.15, 0.2) is 24.5 Å². The predicted molar refractivity (Wildman–Crippen MR) is 76.8 cm³/mol. The molecule has 0 spiro atoms. The largest absolute Gasteiger partial charge is 0.483 e. The maximum atomic E-state index is 11.8. The molecule has 1 aliphatic rings. The van der Waals surface area contributed by atoms with Gasteiger partial charge in [0.2, 0.25) is 0 Å². The minimum absolute atomic E-state index is 0.220. The van der Waals surface area contributed by atoms with Crippen LogP contribution in [-0.4, -0.2) is 65.2 Å². The van der Waals surface area contributed by atoms with E-state index in [1.807, 2.05) is 12.1 Å². The topological polar surface area (TPSA) is 83.0 Å². The van der Waals surface area contributed by atoms with E-state index in [1.165, 1.54) is 0 Å². The number of hydrogen-bond donors (Lipinski definition) is 1. The molecule has 2 heterocycles. The Hall–Kier alpha value is -2.15. The molecule has 1 amide bonds. The quantitative estimate of drug-likeness (QED) is 0.839. The number of amides is 1. The van der Waals surface area contributed by atoms with Crippen LogP contribution in [0.4, 0.5) is 4.79 Å². The van der Waals surface area contributed by atoms with Gasteiger partial charge in [-0.05, 0) is 24.2 Å². The van der Waals surface area contributed by atoms with Crippen molar-refractivity contribution in [1.29, 1.82) is 0 Å². The number of carbonyl (C=O) groups is 2. The Kier molecular flexibility index (Phi) is 7.81. The first-order valence-electron chi connectivity index (χ1n) is 6.82. The van der Waals surface area contributed by atoms with Gasteiger partial charge < -0.3 is 19.6 Å². The smallest absolute Gasteiger partial charge is 0.410 e. The van der Waals surface area contributed by atoms with E-state index < -0.39 is 0 Å². The van der Waals surface area contributed by atoms with Crippen molar-refractivity contribution >= 4 is 12.6 Å². The van der Waals surface area contributed by atoms with E-state index in [0.29, 0.717) is 6.61 Å².